The van der Waals surface area contributed by atoms with Crippen molar-refractivity contribution in [2.24, 2.45) is 17.6 Å². The third kappa shape index (κ3) is 4.49. The Bertz CT molecular complexity index is 228. The fourth-order valence-corrected chi connectivity index (χ4v) is 2.11. The second kappa shape index (κ2) is 5.64. The van der Waals surface area contributed by atoms with Crippen molar-refractivity contribution in [2.45, 2.75) is 45.1 Å². The van der Waals surface area contributed by atoms with Crippen molar-refractivity contribution in [1.82, 2.24) is 5.32 Å². The first-order valence-electron chi connectivity index (χ1n) is 6.12. The van der Waals surface area contributed by atoms with E-state index in [1.54, 1.807) is 13.8 Å². The zero-order valence-electron chi connectivity index (χ0n) is 10.3. The molecule has 0 aliphatic heterocycles. The van der Waals surface area contributed by atoms with Crippen molar-refractivity contribution in [2.75, 3.05) is 13.1 Å². The van der Waals surface area contributed by atoms with Gasteiger partial charge in [-0.05, 0) is 52.0 Å². The van der Waals surface area contributed by atoms with Gasteiger partial charge in [-0.1, -0.05) is 0 Å². The van der Waals surface area contributed by atoms with Gasteiger partial charge in [0.1, 0.15) is 0 Å². The average Bonchev–Trinajstić information content (AvgIpc) is 2.25. The van der Waals surface area contributed by atoms with Gasteiger partial charge in [0.25, 0.3) is 0 Å². The SMILES string of the molecule is CC(C)(O)CNC(=O)C1CCC(CN)CC1. The van der Waals surface area contributed by atoms with Gasteiger partial charge in [-0.25, -0.2) is 0 Å². The van der Waals surface area contributed by atoms with E-state index in [9.17, 15) is 9.90 Å². The van der Waals surface area contributed by atoms with Crippen molar-refractivity contribution >= 4 is 5.91 Å². The van der Waals surface area contributed by atoms with Crippen molar-refractivity contribution in [3.63, 3.8) is 0 Å². The molecule has 0 saturated heterocycles. The molecule has 94 valence electrons. The van der Waals surface area contributed by atoms with E-state index in [0.29, 0.717) is 12.5 Å². The first-order valence-corrected chi connectivity index (χ1v) is 6.12. The normalized spacial score (nSPS) is 26.5. The molecule has 1 fully saturated rings. The molecule has 1 saturated carbocycles. The number of amides is 1. The van der Waals surface area contributed by atoms with Crippen LogP contribution >= 0.6 is 0 Å². The Labute approximate surface area is 97.6 Å². The molecule has 0 atom stereocenters. The molecule has 0 heterocycles. The number of hydrogen-bond acceptors (Lipinski definition) is 3. The quantitative estimate of drug-likeness (QED) is 0.661. The van der Waals surface area contributed by atoms with Gasteiger partial charge in [-0.3, -0.25) is 4.79 Å². The van der Waals surface area contributed by atoms with E-state index >= 15 is 0 Å². The molecule has 0 unspecified atom stereocenters. The van der Waals surface area contributed by atoms with Gasteiger partial charge < -0.3 is 16.2 Å². The average molecular weight is 228 g/mol. The summed E-state index contributed by atoms with van der Waals surface area (Å²) in [6, 6.07) is 0. The van der Waals surface area contributed by atoms with Gasteiger partial charge in [0.05, 0.1) is 5.60 Å². The van der Waals surface area contributed by atoms with Crippen LogP contribution in [0.4, 0.5) is 0 Å². The molecule has 0 aromatic rings. The lowest BCUT2D eigenvalue weighted by molar-refractivity contribution is -0.127. The molecule has 4 N–H and O–H groups in total. The second-order valence-electron chi connectivity index (χ2n) is 5.48. The van der Waals surface area contributed by atoms with Crippen LogP contribution in [0.3, 0.4) is 0 Å². The topological polar surface area (TPSA) is 75.3 Å². The largest absolute Gasteiger partial charge is 0.389 e. The second-order valence-corrected chi connectivity index (χ2v) is 5.48. The highest BCUT2D eigenvalue weighted by atomic mass is 16.3. The lowest BCUT2D eigenvalue weighted by Gasteiger charge is -2.27. The van der Waals surface area contributed by atoms with Crippen LogP contribution in [0.5, 0.6) is 0 Å². The van der Waals surface area contributed by atoms with E-state index in [0.717, 1.165) is 32.2 Å². The highest BCUT2D eigenvalue weighted by Crippen LogP contribution is 2.28. The number of nitrogens with two attached hydrogens (primary N) is 1. The molecule has 1 aliphatic carbocycles. The summed E-state index contributed by atoms with van der Waals surface area (Å²) in [6.45, 7) is 4.44. The van der Waals surface area contributed by atoms with Crippen LogP contribution in [0.25, 0.3) is 0 Å². The monoisotopic (exact) mass is 228 g/mol. The predicted octanol–water partition coefficient (Wildman–Crippen LogP) is 0.639. The molecule has 16 heavy (non-hydrogen) atoms. The molecule has 0 aromatic carbocycles. The molecule has 1 rings (SSSR count). The number of carbonyl (C=O) groups is 1. The Kier molecular flexibility index (Phi) is 4.74. The number of nitrogens with one attached hydrogen (secondary N) is 1. The third-order valence-corrected chi connectivity index (χ3v) is 3.25. The van der Waals surface area contributed by atoms with Crippen LogP contribution < -0.4 is 11.1 Å². The summed E-state index contributed by atoms with van der Waals surface area (Å²) in [6.07, 6.45) is 3.97. The van der Waals surface area contributed by atoms with Crippen molar-refractivity contribution in [3.8, 4) is 0 Å². The molecule has 4 nitrogen and oxygen atoms in total. The predicted molar refractivity (Wildman–Crippen MR) is 63.8 cm³/mol. The maximum atomic E-state index is 11.8. The molecule has 1 amide bonds. The van der Waals surface area contributed by atoms with Crippen molar-refractivity contribution < 1.29 is 9.90 Å². The first kappa shape index (κ1) is 13.5. The Hall–Kier alpha value is -0.610. The van der Waals surface area contributed by atoms with Gasteiger partial charge in [0, 0.05) is 12.5 Å². The Balaban J connectivity index is 2.28. The lowest BCUT2D eigenvalue weighted by atomic mass is 9.81. The van der Waals surface area contributed by atoms with Gasteiger partial charge in [-0.15, -0.1) is 0 Å². The van der Waals surface area contributed by atoms with E-state index in [1.807, 2.05) is 0 Å². The Morgan fingerprint density at radius 1 is 1.38 bits per heavy atom. The summed E-state index contributed by atoms with van der Waals surface area (Å²) in [5.74, 6) is 0.793. The molecular weight excluding hydrogens is 204 g/mol. The highest BCUT2D eigenvalue weighted by molar-refractivity contribution is 5.78. The van der Waals surface area contributed by atoms with E-state index < -0.39 is 5.60 Å². The minimum atomic E-state index is -0.829. The van der Waals surface area contributed by atoms with Gasteiger partial charge >= 0.3 is 0 Å². The van der Waals surface area contributed by atoms with Gasteiger partial charge in [0.15, 0.2) is 0 Å². The van der Waals surface area contributed by atoms with Crippen LogP contribution in [-0.4, -0.2) is 29.7 Å². The van der Waals surface area contributed by atoms with Crippen LogP contribution in [0.2, 0.25) is 0 Å². The number of aliphatic hydroxyl groups is 1. The molecule has 0 radical (unpaired) electrons. The van der Waals surface area contributed by atoms with Crippen LogP contribution in [0.15, 0.2) is 0 Å². The molecular formula is C12H24N2O2. The maximum absolute atomic E-state index is 11.8. The first-order chi connectivity index (χ1) is 7.42. The van der Waals surface area contributed by atoms with Crippen molar-refractivity contribution in [3.05, 3.63) is 0 Å². The number of carbonyl (C=O) groups excluding carboxylic acids is 1. The van der Waals surface area contributed by atoms with E-state index in [4.69, 9.17) is 5.73 Å². The third-order valence-electron chi connectivity index (χ3n) is 3.25. The van der Waals surface area contributed by atoms with Gasteiger partial charge in [0.2, 0.25) is 5.91 Å². The summed E-state index contributed by atoms with van der Waals surface area (Å²) >= 11 is 0. The highest BCUT2D eigenvalue weighted by Gasteiger charge is 2.26. The summed E-state index contributed by atoms with van der Waals surface area (Å²) in [7, 11) is 0. The smallest absolute Gasteiger partial charge is 0.223 e. The van der Waals surface area contributed by atoms with Crippen molar-refractivity contribution in [1.29, 1.82) is 0 Å². The van der Waals surface area contributed by atoms with E-state index in [2.05, 4.69) is 5.32 Å². The molecule has 0 bridgehead atoms. The van der Waals surface area contributed by atoms with E-state index in [-0.39, 0.29) is 11.8 Å². The van der Waals surface area contributed by atoms with Crippen LogP contribution in [-0.2, 0) is 4.79 Å². The Morgan fingerprint density at radius 3 is 2.38 bits per heavy atom. The summed E-state index contributed by atoms with van der Waals surface area (Å²) in [5, 5.41) is 12.3. The standard InChI is InChI=1S/C12H24N2O2/c1-12(2,16)8-14-11(15)10-5-3-9(7-13)4-6-10/h9-10,16H,3-8,13H2,1-2H3,(H,14,15). The number of rotatable bonds is 4. The molecule has 1 aliphatic rings. The molecule has 0 spiro atoms. The van der Waals surface area contributed by atoms with Crippen LogP contribution in [0.1, 0.15) is 39.5 Å². The zero-order chi connectivity index (χ0) is 12.2. The van der Waals surface area contributed by atoms with E-state index in [1.165, 1.54) is 0 Å². The van der Waals surface area contributed by atoms with Crippen LogP contribution in [0, 0.1) is 11.8 Å². The lowest BCUT2D eigenvalue weighted by Crippen LogP contribution is -2.42. The fourth-order valence-electron chi connectivity index (χ4n) is 2.11. The maximum Gasteiger partial charge on any atom is 0.223 e. The zero-order valence-corrected chi connectivity index (χ0v) is 10.3. The summed E-state index contributed by atoms with van der Waals surface area (Å²) < 4.78 is 0. The summed E-state index contributed by atoms with van der Waals surface area (Å²) in [5.41, 5.74) is 4.78. The Morgan fingerprint density at radius 2 is 1.94 bits per heavy atom. The fraction of sp³-hybridized carbons (Fsp3) is 0.917. The summed E-state index contributed by atoms with van der Waals surface area (Å²) in [4.78, 5) is 11.8. The minimum Gasteiger partial charge on any atom is -0.389 e. The van der Waals surface area contributed by atoms with Gasteiger partial charge in [-0.2, -0.15) is 0 Å². The minimum absolute atomic E-state index is 0.0811. The molecule has 4 heteroatoms. The molecule has 0 aromatic heterocycles. The number of hydrogen-bond donors (Lipinski definition) is 3.